The summed E-state index contributed by atoms with van der Waals surface area (Å²) >= 11 is 0. The third-order valence-electron chi connectivity index (χ3n) is 6.39. The first-order chi connectivity index (χ1) is 15.8. The van der Waals surface area contributed by atoms with Gasteiger partial charge in [0.15, 0.2) is 0 Å². The summed E-state index contributed by atoms with van der Waals surface area (Å²) in [6, 6.07) is 9.57. The summed E-state index contributed by atoms with van der Waals surface area (Å²) in [6.45, 7) is 2.63. The van der Waals surface area contributed by atoms with Gasteiger partial charge in [0.05, 0.1) is 42.1 Å². The van der Waals surface area contributed by atoms with Gasteiger partial charge in [-0.15, -0.1) is 0 Å². The maximum absolute atomic E-state index is 13.7. The maximum atomic E-state index is 13.7. The van der Waals surface area contributed by atoms with E-state index < -0.39 is 11.7 Å². The highest BCUT2D eigenvalue weighted by Gasteiger charge is 2.42. The first-order valence-electron chi connectivity index (χ1n) is 10.9. The van der Waals surface area contributed by atoms with Gasteiger partial charge >= 0.3 is 6.18 Å². The van der Waals surface area contributed by atoms with Gasteiger partial charge in [0.2, 0.25) is 5.88 Å². The van der Waals surface area contributed by atoms with Crippen LogP contribution in [0.15, 0.2) is 54.0 Å². The number of aromatic nitrogens is 3. The Morgan fingerprint density at radius 1 is 1.12 bits per heavy atom. The number of nitrogens with zero attached hydrogens (tertiary/aromatic N) is 5. The van der Waals surface area contributed by atoms with Crippen molar-refractivity contribution < 1.29 is 17.9 Å². The van der Waals surface area contributed by atoms with Crippen molar-refractivity contribution in [2.75, 3.05) is 13.7 Å². The molecule has 1 aromatic carbocycles. The molecular weight excluding hydrogens is 431 g/mol. The minimum atomic E-state index is -4.38. The van der Waals surface area contributed by atoms with Crippen LogP contribution in [0.25, 0.3) is 5.69 Å². The van der Waals surface area contributed by atoms with Crippen LogP contribution < -0.4 is 4.74 Å². The van der Waals surface area contributed by atoms with Crippen LogP contribution in [0.5, 0.6) is 5.88 Å². The van der Waals surface area contributed by atoms with E-state index >= 15 is 0 Å². The molecule has 0 radical (unpaired) electrons. The SMILES string of the molecule is COc1nc(C2=NN3CCC[C@@H](c4ccccc4C(F)(F)F)C3C2)ccc1-n1cnc(C)c1. The zero-order chi connectivity index (χ0) is 23.2. The first kappa shape index (κ1) is 21.5. The molecule has 0 aliphatic carbocycles. The van der Waals surface area contributed by atoms with Gasteiger partial charge in [-0.1, -0.05) is 18.2 Å². The summed E-state index contributed by atoms with van der Waals surface area (Å²) < 4.78 is 48.4. The second-order valence-electron chi connectivity index (χ2n) is 8.46. The van der Waals surface area contributed by atoms with Crippen LogP contribution in [0, 0.1) is 6.92 Å². The summed E-state index contributed by atoms with van der Waals surface area (Å²) in [5.41, 5.74) is 2.88. The lowest BCUT2D eigenvalue weighted by atomic mass is 9.80. The van der Waals surface area contributed by atoms with Crippen molar-refractivity contribution in [2.24, 2.45) is 5.10 Å². The lowest BCUT2D eigenvalue weighted by Gasteiger charge is -2.37. The Bertz CT molecular complexity index is 1200. The van der Waals surface area contributed by atoms with Crippen molar-refractivity contribution in [1.82, 2.24) is 19.5 Å². The molecule has 2 aliphatic rings. The molecule has 0 amide bonds. The fraction of sp³-hybridized carbons (Fsp3) is 0.375. The third kappa shape index (κ3) is 3.96. The Kier molecular flexibility index (Phi) is 5.34. The number of piperidine rings is 1. The van der Waals surface area contributed by atoms with Crippen LogP contribution in [-0.2, 0) is 6.18 Å². The van der Waals surface area contributed by atoms with Gasteiger partial charge in [-0.25, -0.2) is 9.97 Å². The summed E-state index contributed by atoms with van der Waals surface area (Å²) in [6.07, 6.45) is 1.24. The minimum Gasteiger partial charge on any atom is -0.479 e. The van der Waals surface area contributed by atoms with Crippen LogP contribution in [-0.4, -0.2) is 45.0 Å². The van der Waals surface area contributed by atoms with Crippen LogP contribution >= 0.6 is 0 Å². The highest BCUT2D eigenvalue weighted by Crippen LogP contribution is 2.43. The number of imidazole rings is 1. The number of aryl methyl sites for hydroxylation is 1. The predicted molar refractivity (Wildman–Crippen MR) is 118 cm³/mol. The van der Waals surface area contributed by atoms with E-state index in [0.717, 1.165) is 30.1 Å². The quantitative estimate of drug-likeness (QED) is 0.558. The van der Waals surface area contributed by atoms with Crippen molar-refractivity contribution in [3.05, 3.63) is 71.4 Å². The molecule has 33 heavy (non-hydrogen) atoms. The number of methoxy groups -OCH3 is 1. The molecule has 0 spiro atoms. The number of hydrazone groups is 1. The van der Waals surface area contributed by atoms with Crippen molar-refractivity contribution >= 4 is 5.71 Å². The number of hydrogen-bond acceptors (Lipinski definition) is 5. The minimum absolute atomic E-state index is 0.124. The molecule has 2 atom stereocenters. The van der Waals surface area contributed by atoms with E-state index in [1.165, 1.54) is 12.1 Å². The summed E-state index contributed by atoms with van der Waals surface area (Å²) in [7, 11) is 1.56. The highest BCUT2D eigenvalue weighted by atomic mass is 19.4. The van der Waals surface area contributed by atoms with E-state index in [-0.39, 0.29) is 12.0 Å². The van der Waals surface area contributed by atoms with Crippen molar-refractivity contribution in [2.45, 2.75) is 44.3 Å². The topological polar surface area (TPSA) is 55.5 Å². The van der Waals surface area contributed by atoms with E-state index in [1.807, 2.05) is 34.8 Å². The van der Waals surface area contributed by atoms with E-state index in [1.54, 1.807) is 25.6 Å². The zero-order valence-corrected chi connectivity index (χ0v) is 18.4. The molecule has 9 heteroatoms. The normalized spacial score (nSPS) is 20.5. The average molecular weight is 455 g/mol. The molecule has 2 aliphatic heterocycles. The van der Waals surface area contributed by atoms with Gasteiger partial charge in [-0.3, -0.25) is 5.01 Å². The molecule has 0 N–H and O–H groups in total. The first-order valence-corrected chi connectivity index (χ1v) is 10.9. The molecule has 172 valence electrons. The largest absolute Gasteiger partial charge is 0.479 e. The number of pyridine rings is 1. The number of rotatable bonds is 4. The molecule has 0 bridgehead atoms. The molecule has 1 saturated heterocycles. The lowest BCUT2D eigenvalue weighted by molar-refractivity contribution is -0.138. The van der Waals surface area contributed by atoms with Gasteiger partial charge in [0.1, 0.15) is 5.69 Å². The average Bonchev–Trinajstić information content (AvgIpc) is 3.44. The molecule has 4 heterocycles. The zero-order valence-electron chi connectivity index (χ0n) is 18.4. The van der Waals surface area contributed by atoms with Crippen molar-refractivity contribution in [3.63, 3.8) is 0 Å². The monoisotopic (exact) mass is 455 g/mol. The Labute approximate surface area is 189 Å². The van der Waals surface area contributed by atoms with Gasteiger partial charge < -0.3 is 9.30 Å². The molecular formula is C24H24F3N5O. The summed E-state index contributed by atoms with van der Waals surface area (Å²) in [5.74, 6) is 0.198. The Morgan fingerprint density at radius 3 is 2.67 bits per heavy atom. The highest BCUT2D eigenvalue weighted by molar-refractivity contribution is 6.00. The predicted octanol–water partition coefficient (Wildman–Crippen LogP) is 4.96. The van der Waals surface area contributed by atoms with E-state index in [4.69, 9.17) is 9.84 Å². The van der Waals surface area contributed by atoms with Crippen LogP contribution in [0.1, 0.15) is 47.7 Å². The molecule has 3 aromatic rings. The lowest BCUT2D eigenvalue weighted by Crippen LogP contribution is -2.38. The summed E-state index contributed by atoms with van der Waals surface area (Å²) in [5, 5.41) is 6.70. The van der Waals surface area contributed by atoms with Crippen molar-refractivity contribution in [3.8, 4) is 11.6 Å². The molecule has 1 unspecified atom stereocenters. The van der Waals surface area contributed by atoms with Gasteiger partial charge in [0.25, 0.3) is 0 Å². The molecule has 2 aromatic heterocycles. The smallest absolute Gasteiger partial charge is 0.416 e. The van der Waals surface area contributed by atoms with Crippen LogP contribution in [0.2, 0.25) is 0 Å². The summed E-state index contributed by atoms with van der Waals surface area (Å²) in [4.78, 5) is 8.91. The Morgan fingerprint density at radius 2 is 1.94 bits per heavy atom. The van der Waals surface area contributed by atoms with E-state index in [0.29, 0.717) is 30.0 Å². The third-order valence-corrected chi connectivity index (χ3v) is 6.39. The number of benzene rings is 1. The van der Waals surface area contributed by atoms with E-state index in [2.05, 4.69) is 9.97 Å². The van der Waals surface area contributed by atoms with E-state index in [9.17, 15) is 13.2 Å². The van der Waals surface area contributed by atoms with Crippen molar-refractivity contribution in [1.29, 1.82) is 0 Å². The second-order valence-corrected chi connectivity index (χ2v) is 8.46. The maximum Gasteiger partial charge on any atom is 0.416 e. The second kappa shape index (κ2) is 8.20. The van der Waals surface area contributed by atoms with Crippen LogP contribution in [0.4, 0.5) is 13.2 Å². The van der Waals surface area contributed by atoms with Gasteiger partial charge in [0, 0.05) is 25.1 Å². The number of ether oxygens (including phenoxy) is 1. The molecule has 6 nitrogen and oxygen atoms in total. The fourth-order valence-electron chi connectivity index (χ4n) is 4.90. The number of fused-ring (bicyclic) bond motifs is 1. The Balaban J connectivity index is 1.45. The Hall–Kier alpha value is -3.36. The standard InChI is InChI=1S/C24H24F3N5O/c1-15-13-31(14-28-15)21-10-9-19(29-23(21)33-2)20-12-22-17(7-5-11-32(22)30-20)16-6-3-4-8-18(16)24(25,26)27/h3-4,6,8-10,13-14,17,22H,5,7,11-12H2,1-2H3/t17-,22?/m0/s1. The van der Waals surface area contributed by atoms with Crippen LogP contribution in [0.3, 0.4) is 0 Å². The number of alkyl halides is 3. The molecule has 1 fully saturated rings. The van der Waals surface area contributed by atoms with Gasteiger partial charge in [-0.05, 0) is 43.5 Å². The molecule has 5 rings (SSSR count). The van der Waals surface area contributed by atoms with Gasteiger partial charge in [-0.2, -0.15) is 18.3 Å². The molecule has 0 saturated carbocycles. The fourth-order valence-corrected chi connectivity index (χ4v) is 4.90. The number of halogens is 3. The number of hydrogen-bond donors (Lipinski definition) is 0.